The van der Waals surface area contributed by atoms with Crippen molar-refractivity contribution >= 4 is 9.84 Å². The summed E-state index contributed by atoms with van der Waals surface area (Å²) in [6, 6.07) is -0.683. The maximum atomic E-state index is 12.3. The maximum Gasteiger partial charge on any atom is 0.390 e. The number of hydrogen-bond acceptors (Lipinski definition) is 3. The van der Waals surface area contributed by atoms with Gasteiger partial charge >= 0.3 is 6.18 Å². The summed E-state index contributed by atoms with van der Waals surface area (Å²) in [5.74, 6) is 0.00495. The largest absolute Gasteiger partial charge is 0.390 e. The quantitative estimate of drug-likeness (QED) is 0.709. The van der Waals surface area contributed by atoms with Crippen LogP contribution in [0.2, 0.25) is 0 Å². The number of rotatable bonds is 9. The Morgan fingerprint density at radius 1 is 1.22 bits per heavy atom. The van der Waals surface area contributed by atoms with Crippen LogP contribution >= 0.6 is 0 Å². The molecule has 0 aromatic rings. The molecule has 0 heterocycles. The Morgan fingerprint density at radius 2 is 1.83 bits per heavy atom. The van der Waals surface area contributed by atoms with Gasteiger partial charge in [-0.2, -0.15) is 13.2 Å². The minimum absolute atomic E-state index is 0.0360. The lowest BCUT2D eigenvalue weighted by molar-refractivity contribution is -0.140. The van der Waals surface area contributed by atoms with Gasteiger partial charge in [0.1, 0.15) is 9.84 Å². The predicted octanol–water partition coefficient (Wildman–Crippen LogP) is 2.52. The highest BCUT2D eigenvalue weighted by Crippen LogP contribution is 2.23. The van der Waals surface area contributed by atoms with E-state index in [4.69, 9.17) is 0 Å². The molecule has 0 radical (unpaired) electrons. The van der Waals surface area contributed by atoms with Crippen molar-refractivity contribution in [1.29, 1.82) is 0 Å². The van der Waals surface area contributed by atoms with Gasteiger partial charge in [0.2, 0.25) is 0 Å². The molecule has 18 heavy (non-hydrogen) atoms. The van der Waals surface area contributed by atoms with Crippen LogP contribution in [0.15, 0.2) is 0 Å². The van der Waals surface area contributed by atoms with Crippen molar-refractivity contribution in [2.75, 3.05) is 18.1 Å². The second kappa shape index (κ2) is 7.99. The van der Waals surface area contributed by atoms with Gasteiger partial charge in [0, 0.05) is 11.8 Å². The van der Waals surface area contributed by atoms with Crippen molar-refractivity contribution in [3.8, 4) is 0 Å². The number of alkyl halides is 3. The first-order valence-corrected chi connectivity index (χ1v) is 8.03. The molecule has 0 saturated carbocycles. The van der Waals surface area contributed by atoms with Crippen molar-refractivity contribution in [2.45, 2.75) is 51.7 Å². The van der Waals surface area contributed by atoms with Crippen LogP contribution < -0.4 is 5.32 Å². The lowest BCUT2D eigenvalue weighted by Crippen LogP contribution is -2.34. The van der Waals surface area contributed by atoms with Crippen LogP contribution in [-0.4, -0.2) is 38.7 Å². The molecule has 1 N–H and O–H groups in total. The van der Waals surface area contributed by atoms with Gasteiger partial charge in [0.05, 0.1) is 12.2 Å². The van der Waals surface area contributed by atoms with Crippen molar-refractivity contribution in [2.24, 2.45) is 0 Å². The first-order chi connectivity index (χ1) is 8.20. The fourth-order valence-electron chi connectivity index (χ4n) is 1.60. The third kappa shape index (κ3) is 9.70. The van der Waals surface area contributed by atoms with Gasteiger partial charge in [-0.25, -0.2) is 8.42 Å². The van der Waals surface area contributed by atoms with Crippen molar-refractivity contribution < 1.29 is 21.6 Å². The first-order valence-electron chi connectivity index (χ1n) is 6.20. The van der Waals surface area contributed by atoms with E-state index < -0.39 is 28.5 Å². The van der Waals surface area contributed by atoms with Crippen LogP contribution in [0.4, 0.5) is 13.2 Å². The van der Waals surface area contributed by atoms with Gasteiger partial charge < -0.3 is 5.32 Å². The molecular weight excluding hydrogens is 267 g/mol. The minimum Gasteiger partial charge on any atom is -0.314 e. The van der Waals surface area contributed by atoms with E-state index in [2.05, 4.69) is 5.32 Å². The normalized spacial score (nSPS) is 14.7. The SMILES string of the molecule is CCCNC(CCCS(=O)(=O)CC)CC(F)(F)F. The lowest BCUT2D eigenvalue weighted by atomic mass is 10.1. The molecule has 1 atom stereocenters. The summed E-state index contributed by atoms with van der Waals surface area (Å²) in [6.07, 6.45) is -3.86. The molecule has 0 aliphatic heterocycles. The molecule has 3 nitrogen and oxygen atoms in total. The summed E-state index contributed by atoms with van der Waals surface area (Å²) in [5.41, 5.74) is 0. The molecule has 0 aliphatic rings. The van der Waals surface area contributed by atoms with E-state index in [-0.39, 0.29) is 24.3 Å². The molecule has 1 unspecified atom stereocenters. The topological polar surface area (TPSA) is 46.2 Å². The summed E-state index contributed by atoms with van der Waals surface area (Å²) < 4.78 is 59.4. The van der Waals surface area contributed by atoms with E-state index in [1.165, 1.54) is 6.92 Å². The number of hydrogen-bond donors (Lipinski definition) is 1. The Labute approximate surface area is 107 Å². The van der Waals surface area contributed by atoms with Crippen molar-refractivity contribution in [3.05, 3.63) is 0 Å². The van der Waals surface area contributed by atoms with Gasteiger partial charge in [0.15, 0.2) is 0 Å². The zero-order valence-electron chi connectivity index (χ0n) is 10.9. The molecule has 0 fully saturated rings. The van der Waals surface area contributed by atoms with Crippen LogP contribution in [0.25, 0.3) is 0 Å². The molecule has 0 aliphatic carbocycles. The fourth-order valence-corrected chi connectivity index (χ4v) is 2.49. The van der Waals surface area contributed by atoms with E-state index >= 15 is 0 Å². The average molecular weight is 289 g/mol. The third-order valence-electron chi connectivity index (χ3n) is 2.61. The smallest absolute Gasteiger partial charge is 0.314 e. The van der Waals surface area contributed by atoms with Gasteiger partial charge in [-0.3, -0.25) is 0 Å². The molecule has 110 valence electrons. The molecule has 0 bridgehead atoms. The van der Waals surface area contributed by atoms with E-state index in [0.717, 1.165) is 6.42 Å². The summed E-state index contributed by atoms with van der Waals surface area (Å²) in [5, 5.41) is 2.82. The molecule has 0 amide bonds. The molecule has 0 aromatic carbocycles. The van der Waals surface area contributed by atoms with Crippen LogP contribution in [0.1, 0.15) is 39.5 Å². The fraction of sp³-hybridized carbons (Fsp3) is 1.00. The van der Waals surface area contributed by atoms with Crippen LogP contribution in [0.5, 0.6) is 0 Å². The van der Waals surface area contributed by atoms with Crippen LogP contribution in [0, 0.1) is 0 Å². The summed E-state index contributed by atoms with van der Waals surface area (Å²) in [7, 11) is -3.09. The summed E-state index contributed by atoms with van der Waals surface area (Å²) in [6.45, 7) is 3.93. The molecule has 0 aromatic heterocycles. The maximum absolute atomic E-state index is 12.3. The highest BCUT2D eigenvalue weighted by Gasteiger charge is 2.31. The number of halogens is 3. The summed E-state index contributed by atoms with van der Waals surface area (Å²) in [4.78, 5) is 0. The van der Waals surface area contributed by atoms with Gasteiger partial charge in [0.25, 0.3) is 0 Å². The molecule has 7 heteroatoms. The zero-order chi connectivity index (χ0) is 14.2. The predicted molar refractivity (Wildman–Crippen MR) is 66.3 cm³/mol. The first kappa shape index (κ1) is 17.7. The Balaban J connectivity index is 4.16. The second-order valence-corrected chi connectivity index (χ2v) is 6.82. The Bertz CT molecular complexity index is 315. The van der Waals surface area contributed by atoms with E-state index in [1.807, 2.05) is 6.92 Å². The molecule has 0 rings (SSSR count). The zero-order valence-corrected chi connectivity index (χ0v) is 11.7. The van der Waals surface area contributed by atoms with Gasteiger partial charge in [-0.15, -0.1) is 0 Å². The lowest BCUT2D eigenvalue weighted by Gasteiger charge is -2.19. The van der Waals surface area contributed by atoms with Gasteiger partial charge in [-0.1, -0.05) is 13.8 Å². The minimum atomic E-state index is -4.21. The van der Waals surface area contributed by atoms with E-state index in [0.29, 0.717) is 6.54 Å². The second-order valence-electron chi connectivity index (χ2n) is 4.35. The molecule has 0 saturated heterocycles. The van der Waals surface area contributed by atoms with Crippen molar-refractivity contribution in [3.63, 3.8) is 0 Å². The Morgan fingerprint density at radius 3 is 2.28 bits per heavy atom. The van der Waals surface area contributed by atoms with E-state index in [1.54, 1.807) is 0 Å². The molecule has 0 spiro atoms. The summed E-state index contributed by atoms with van der Waals surface area (Å²) >= 11 is 0. The standard InChI is InChI=1S/C11H22F3NO2S/c1-3-7-15-10(9-11(12,13)14)6-5-8-18(16,17)4-2/h10,15H,3-9H2,1-2H3. The number of nitrogens with one attached hydrogen (secondary N) is 1. The Kier molecular flexibility index (Phi) is 7.86. The van der Waals surface area contributed by atoms with Crippen molar-refractivity contribution in [1.82, 2.24) is 5.32 Å². The van der Waals surface area contributed by atoms with E-state index in [9.17, 15) is 21.6 Å². The Hall–Kier alpha value is -0.300. The molecular formula is C11H22F3NO2S. The van der Waals surface area contributed by atoms with Crippen LogP contribution in [-0.2, 0) is 9.84 Å². The number of sulfone groups is 1. The highest BCUT2D eigenvalue weighted by atomic mass is 32.2. The average Bonchev–Trinajstić information content (AvgIpc) is 2.23. The third-order valence-corrected chi connectivity index (χ3v) is 4.40. The van der Waals surface area contributed by atoms with Gasteiger partial charge in [-0.05, 0) is 25.8 Å². The highest BCUT2D eigenvalue weighted by molar-refractivity contribution is 7.91. The van der Waals surface area contributed by atoms with Crippen LogP contribution in [0.3, 0.4) is 0 Å². The monoisotopic (exact) mass is 289 g/mol.